The lowest BCUT2D eigenvalue weighted by Crippen LogP contribution is -2.25. The van der Waals surface area contributed by atoms with Crippen molar-refractivity contribution in [2.45, 2.75) is 11.7 Å². The van der Waals surface area contributed by atoms with Crippen LogP contribution in [-0.4, -0.2) is 17.7 Å². The molecule has 1 unspecified atom stereocenters. The Morgan fingerprint density at radius 2 is 2.12 bits per heavy atom. The minimum Gasteiger partial charge on any atom is -0.310 e. The topological polar surface area (TPSA) is 20.3 Å². The molecule has 2 nitrogen and oxygen atoms in total. The molecule has 0 bridgehead atoms. The summed E-state index contributed by atoms with van der Waals surface area (Å²) in [5.74, 6) is -2.05. The molecule has 0 aromatic heterocycles. The lowest BCUT2D eigenvalue weighted by molar-refractivity contribution is -0.117. The Bertz CT molecular complexity index is 455. The quantitative estimate of drug-likeness (QED) is 0.625. The molecular formula is C10H8BrF2NOS. The van der Waals surface area contributed by atoms with Crippen LogP contribution in [0.1, 0.15) is 6.42 Å². The van der Waals surface area contributed by atoms with Crippen LogP contribution in [0.25, 0.3) is 0 Å². The van der Waals surface area contributed by atoms with Gasteiger partial charge in [0.1, 0.15) is 0 Å². The third-order valence-electron chi connectivity index (χ3n) is 2.41. The van der Waals surface area contributed by atoms with Gasteiger partial charge in [0.15, 0.2) is 11.6 Å². The van der Waals surface area contributed by atoms with Gasteiger partial charge in [0.2, 0.25) is 5.91 Å². The van der Waals surface area contributed by atoms with Crippen molar-refractivity contribution in [3.8, 4) is 0 Å². The van der Waals surface area contributed by atoms with Crippen LogP contribution in [0, 0.1) is 11.6 Å². The van der Waals surface area contributed by atoms with Crippen LogP contribution in [0.3, 0.4) is 0 Å². The summed E-state index contributed by atoms with van der Waals surface area (Å²) in [4.78, 5) is 13.0. The average molecular weight is 308 g/mol. The van der Waals surface area contributed by atoms with Crippen molar-refractivity contribution < 1.29 is 13.6 Å². The molecule has 1 amide bonds. The molecule has 16 heavy (non-hydrogen) atoms. The van der Waals surface area contributed by atoms with Gasteiger partial charge >= 0.3 is 0 Å². The van der Waals surface area contributed by atoms with Gasteiger partial charge < -0.3 is 4.90 Å². The van der Waals surface area contributed by atoms with Crippen LogP contribution in [0.2, 0.25) is 0 Å². The van der Waals surface area contributed by atoms with Crippen LogP contribution < -0.4 is 4.90 Å². The molecule has 0 saturated carbocycles. The number of hydrogen-bond donors (Lipinski definition) is 1. The van der Waals surface area contributed by atoms with Crippen molar-refractivity contribution in [3.05, 3.63) is 28.2 Å². The average Bonchev–Trinajstić information content (AvgIpc) is 2.55. The summed E-state index contributed by atoms with van der Waals surface area (Å²) in [5, 5.41) is -0.0625. The number of rotatable bonds is 1. The first-order chi connectivity index (χ1) is 7.50. The first-order valence-electron chi connectivity index (χ1n) is 4.62. The minimum atomic E-state index is -0.979. The maximum Gasteiger partial charge on any atom is 0.228 e. The maximum absolute atomic E-state index is 13.3. The van der Waals surface area contributed by atoms with Crippen molar-refractivity contribution in [1.29, 1.82) is 0 Å². The molecular weight excluding hydrogens is 300 g/mol. The standard InChI is InChI=1S/C10H8BrF2NOS/c11-9-7(2-1-6(12)10(9)13)14-4-5(16)3-8(14)15/h1-2,5,16H,3-4H2. The zero-order chi connectivity index (χ0) is 11.9. The van der Waals surface area contributed by atoms with Gasteiger partial charge in [0, 0.05) is 18.2 Å². The van der Waals surface area contributed by atoms with Crippen molar-refractivity contribution in [3.63, 3.8) is 0 Å². The zero-order valence-electron chi connectivity index (χ0n) is 8.08. The summed E-state index contributed by atoms with van der Waals surface area (Å²) in [5.41, 5.74) is 0.348. The van der Waals surface area contributed by atoms with E-state index < -0.39 is 11.6 Å². The molecule has 1 aromatic carbocycles. The molecule has 0 aliphatic carbocycles. The van der Waals surface area contributed by atoms with Crippen LogP contribution in [0.15, 0.2) is 16.6 Å². The van der Waals surface area contributed by atoms with E-state index in [1.807, 2.05) is 0 Å². The molecule has 1 fully saturated rings. The van der Waals surface area contributed by atoms with Crippen LogP contribution in [0.5, 0.6) is 0 Å². The molecule has 0 spiro atoms. The number of carbonyl (C=O) groups is 1. The molecule has 1 aliphatic heterocycles. The highest BCUT2D eigenvalue weighted by Crippen LogP contribution is 2.33. The fourth-order valence-corrected chi connectivity index (χ4v) is 2.50. The SMILES string of the molecule is O=C1CC(S)CN1c1ccc(F)c(F)c1Br. The summed E-state index contributed by atoms with van der Waals surface area (Å²) in [6, 6.07) is 2.39. The smallest absolute Gasteiger partial charge is 0.228 e. The Balaban J connectivity index is 2.42. The predicted molar refractivity (Wildman–Crippen MR) is 63.8 cm³/mol. The summed E-state index contributed by atoms with van der Waals surface area (Å²) in [6.45, 7) is 0.408. The largest absolute Gasteiger partial charge is 0.310 e. The van der Waals surface area contributed by atoms with Crippen molar-refractivity contribution in [1.82, 2.24) is 0 Å². The number of halogens is 3. The molecule has 1 saturated heterocycles. The highest BCUT2D eigenvalue weighted by Gasteiger charge is 2.30. The molecule has 86 valence electrons. The predicted octanol–water partition coefficient (Wildman–Crippen LogP) is 2.76. The van der Waals surface area contributed by atoms with E-state index in [1.54, 1.807) is 0 Å². The summed E-state index contributed by atoms with van der Waals surface area (Å²) in [6.07, 6.45) is 0.314. The van der Waals surface area contributed by atoms with Crippen LogP contribution in [0.4, 0.5) is 14.5 Å². The molecule has 2 rings (SSSR count). The number of hydrogen-bond acceptors (Lipinski definition) is 2. The molecule has 1 aromatic rings. The molecule has 0 N–H and O–H groups in total. The lowest BCUT2D eigenvalue weighted by Gasteiger charge is -2.18. The first-order valence-corrected chi connectivity index (χ1v) is 5.93. The number of thiol groups is 1. The van der Waals surface area contributed by atoms with Gasteiger partial charge in [-0.15, -0.1) is 0 Å². The third kappa shape index (κ3) is 1.96. The van der Waals surface area contributed by atoms with E-state index in [0.717, 1.165) is 6.07 Å². The van der Waals surface area contributed by atoms with Gasteiger partial charge in [0.05, 0.1) is 10.2 Å². The Hall–Kier alpha value is -0.620. The van der Waals surface area contributed by atoms with Crippen molar-refractivity contribution >= 4 is 40.2 Å². The van der Waals surface area contributed by atoms with E-state index in [2.05, 4.69) is 28.6 Å². The molecule has 1 heterocycles. The molecule has 1 aliphatic rings. The second-order valence-electron chi connectivity index (χ2n) is 3.56. The summed E-state index contributed by atoms with van der Waals surface area (Å²) < 4.78 is 26.2. The second kappa shape index (κ2) is 4.33. The maximum atomic E-state index is 13.3. The van der Waals surface area contributed by atoms with E-state index in [-0.39, 0.29) is 15.6 Å². The Kier molecular flexibility index (Phi) is 3.21. The van der Waals surface area contributed by atoms with Gasteiger partial charge in [0.25, 0.3) is 0 Å². The van der Waals surface area contributed by atoms with Crippen LogP contribution >= 0.6 is 28.6 Å². The van der Waals surface area contributed by atoms with E-state index in [4.69, 9.17) is 0 Å². The summed E-state index contributed by atoms with van der Waals surface area (Å²) >= 11 is 7.15. The van der Waals surface area contributed by atoms with Crippen molar-refractivity contribution in [2.24, 2.45) is 0 Å². The number of carbonyl (C=O) groups excluding carboxylic acids is 1. The normalized spacial score (nSPS) is 20.6. The van der Waals surface area contributed by atoms with Gasteiger partial charge in [-0.2, -0.15) is 12.6 Å². The van der Waals surface area contributed by atoms with Gasteiger partial charge in [-0.05, 0) is 28.1 Å². The van der Waals surface area contributed by atoms with E-state index in [1.165, 1.54) is 11.0 Å². The highest BCUT2D eigenvalue weighted by atomic mass is 79.9. The number of nitrogens with zero attached hydrogens (tertiary/aromatic N) is 1. The van der Waals surface area contributed by atoms with Gasteiger partial charge in [-0.25, -0.2) is 8.78 Å². The lowest BCUT2D eigenvalue weighted by atomic mass is 10.3. The fraction of sp³-hybridized carbons (Fsp3) is 0.300. The Morgan fingerprint density at radius 1 is 1.44 bits per heavy atom. The highest BCUT2D eigenvalue weighted by molar-refractivity contribution is 9.10. The number of amides is 1. The summed E-state index contributed by atoms with van der Waals surface area (Å²) in [7, 11) is 0. The molecule has 0 radical (unpaired) electrons. The van der Waals surface area contributed by atoms with Crippen LogP contribution in [-0.2, 0) is 4.79 Å². The van der Waals surface area contributed by atoms with Gasteiger partial charge in [-0.3, -0.25) is 4.79 Å². The number of anilines is 1. The minimum absolute atomic E-state index is 0.0247. The second-order valence-corrected chi connectivity index (χ2v) is 5.08. The third-order valence-corrected chi connectivity index (χ3v) is 3.51. The first kappa shape index (κ1) is 11.9. The van der Waals surface area contributed by atoms with E-state index in [0.29, 0.717) is 18.7 Å². The van der Waals surface area contributed by atoms with Gasteiger partial charge in [-0.1, -0.05) is 0 Å². The molecule has 6 heteroatoms. The van der Waals surface area contributed by atoms with E-state index >= 15 is 0 Å². The Labute approximate surface area is 105 Å². The number of benzene rings is 1. The fourth-order valence-electron chi connectivity index (χ4n) is 1.65. The Morgan fingerprint density at radius 3 is 2.69 bits per heavy atom. The monoisotopic (exact) mass is 307 g/mol. The zero-order valence-corrected chi connectivity index (χ0v) is 10.6. The molecule has 1 atom stereocenters. The van der Waals surface area contributed by atoms with Crippen molar-refractivity contribution in [2.75, 3.05) is 11.4 Å². The van der Waals surface area contributed by atoms with E-state index in [9.17, 15) is 13.6 Å².